The summed E-state index contributed by atoms with van der Waals surface area (Å²) in [7, 11) is 0. The van der Waals surface area contributed by atoms with Gasteiger partial charge in [0.1, 0.15) is 17.3 Å². The van der Waals surface area contributed by atoms with Gasteiger partial charge in [0.15, 0.2) is 0 Å². The Morgan fingerprint density at radius 2 is 1.45 bits per heavy atom. The third-order valence-electron chi connectivity index (χ3n) is 6.55. The van der Waals surface area contributed by atoms with Gasteiger partial charge in [0, 0.05) is 12.8 Å². The lowest BCUT2D eigenvalue weighted by Crippen LogP contribution is -2.07. The van der Waals surface area contributed by atoms with Crippen molar-refractivity contribution in [3.8, 4) is 22.6 Å². The SMILES string of the molecule is O=C(O)CCCOc1cccc(CCCCCCOc2cc(CO)cc(-c3ccc(F)cc3)c2)c1CCC(=O)O. The predicted octanol–water partition coefficient (Wildman–Crippen LogP) is 6.43. The normalized spacial score (nSPS) is 10.8. The van der Waals surface area contributed by atoms with E-state index in [2.05, 4.69) is 0 Å². The van der Waals surface area contributed by atoms with Crippen molar-refractivity contribution < 1.29 is 38.8 Å². The number of hydrogen-bond donors (Lipinski definition) is 3. The lowest BCUT2D eigenvalue weighted by Gasteiger charge is -2.15. The van der Waals surface area contributed by atoms with Gasteiger partial charge in [-0.1, -0.05) is 37.1 Å². The first kappa shape index (κ1) is 30.6. The van der Waals surface area contributed by atoms with Gasteiger partial charge in [-0.2, -0.15) is 0 Å². The summed E-state index contributed by atoms with van der Waals surface area (Å²) in [5.74, 6) is -0.760. The summed E-state index contributed by atoms with van der Waals surface area (Å²) in [4.78, 5) is 21.9. The number of aliphatic hydroxyl groups excluding tert-OH is 1. The lowest BCUT2D eigenvalue weighted by atomic mass is 9.97. The summed E-state index contributed by atoms with van der Waals surface area (Å²) in [6.45, 7) is 0.679. The number of halogens is 1. The van der Waals surface area contributed by atoms with Crippen LogP contribution in [-0.2, 0) is 29.0 Å². The molecule has 0 amide bonds. The van der Waals surface area contributed by atoms with E-state index in [1.54, 1.807) is 12.1 Å². The summed E-state index contributed by atoms with van der Waals surface area (Å²) < 4.78 is 25.1. The van der Waals surface area contributed by atoms with Crippen LogP contribution in [0.25, 0.3) is 11.1 Å². The van der Waals surface area contributed by atoms with Crippen molar-refractivity contribution in [1.82, 2.24) is 0 Å². The van der Waals surface area contributed by atoms with E-state index in [9.17, 15) is 24.2 Å². The number of ether oxygens (including phenoxy) is 2. The average Bonchev–Trinajstić information content (AvgIpc) is 2.94. The maximum atomic E-state index is 13.3. The predicted molar refractivity (Wildman–Crippen MR) is 150 cm³/mol. The smallest absolute Gasteiger partial charge is 0.303 e. The van der Waals surface area contributed by atoms with Crippen molar-refractivity contribution in [3.05, 3.63) is 83.2 Å². The van der Waals surface area contributed by atoms with Gasteiger partial charge in [0.25, 0.3) is 0 Å². The highest BCUT2D eigenvalue weighted by molar-refractivity contribution is 5.68. The molecule has 0 unspecified atom stereocenters. The Hall–Kier alpha value is -3.91. The number of carbonyl (C=O) groups is 2. The van der Waals surface area contributed by atoms with E-state index < -0.39 is 11.9 Å². The maximum Gasteiger partial charge on any atom is 0.303 e. The summed E-state index contributed by atoms with van der Waals surface area (Å²) in [5, 5.41) is 27.6. The van der Waals surface area contributed by atoms with Gasteiger partial charge in [-0.25, -0.2) is 4.39 Å². The highest BCUT2D eigenvalue weighted by Crippen LogP contribution is 2.28. The van der Waals surface area contributed by atoms with Gasteiger partial charge < -0.3 is 24.8 Å². The minimum atomic E-state index is -0.874. The van der Waals surface area contributed by atoms with Crippen molar-refractivity contribution >= 4 is 11.9 Å². The van der Waals surface area contributed by atoms with Crippen molar-refractivity contribution in [2.24, 2.45) is 0 Å². The molecule has 0 saturated heterocycles. The van der Waals surface area contributed by atoms with Gasteiger partial charge in [-0.05, 0) is 96.3 Å². The summed E-state index contributed by atoms with van der Waals surface area (Å²) >= 11 is 0. The Morgan fingerprint density at radius 3 is 2.17 bits per heavy atom. The number of aliphatic hydroxyl groups is 1. The zero-order valence-corrected chi connectivity index (χ0v) is 22.6. The number of carboxylic acid groups (broad SMARTS) is 2. The van der Waals surface area contributed by atoms with E-state index in [0.717, 1.165) is 59.9 Å². The maximum absolute atomic E-state index is 13.3. The summed E-state index contributed by atoms with van der Waals surface area (Å²) in [5.41, 5.74) is 4.36. The van der Waals surface area contributed by atoms with Crippen LogP contribution < -0.4 is 9.47 Å². The van der Waals surface area contributed by atoms with E-state index in [-0.39, 0.29) is 31.9 Å². The molecule has 3 aromatic carbocycles. The topological polar surface area (TPSA) is 113 Å². The highest BCUT2D eigenvalue weighted by Gasteiger charge is 2.12. The van der Waals surface area contributed by atoms with Gasteiger partial charge in [0.2, 0.25) is 0 Å². The number of aliphatic carboxylic acids is 2. The molecule has 0 aliphatic rings. The molecule has 214 valence electrons. The number of unbranched alkanes of at least 4 members (excludes halogenated alkanes) is 3. The molecule has 3 rings (SSSR count). The molecule has 0 aliphatic carbocycles. The Balaban J connectivity index is 1.48. The molecule has 0 saturated carbocycles. The van der Waals surface area contributed by atoms with Gasteiger partial charge in [-0.3, -0.25) is 9.59 Å². The van der Waals surface area contributed by atoms with Crippen LogP contribution in [0.5, 0.6) is 11.5 Å². The van der Waals surface area contributed by atoms with Crippen LogP contribution in [0.15, 0.2) is 60.7 Å². The fourth-order valence-electron chi connectivity index (χ4n) is 4.51. The summed E-state index contributed by atoms with van der Waals surface area (Å²) in [6, 6.07) is 17.5. The lowest BCUT2D eigenvalue weighted by molar-refractivity contribution is -0.138. The number of benzene rings is 3. The first-order chi connectivity index (χ1) is 19.4. The molecule has 7 nitrogen and oxygen atoms in total. The van der Waals surface area contributed by atoms with Crippen LogP contribution >= 0.6 is 0 Å². The van der Waals surface area contributed by atoms with Crippen LogP contribution in [0.3, 0.4) is 0 Å². The van der Waals surface area contributed by atoms with Gasteiger partial charge >= 0.3 is 11.9 Å². The average molecular weight is 553 g/mol. The molecule has 40 heavy (non-hydrogen) atoms. The third-order valence-corrected chi connectivity index (χ3v) is 6.55. The molecule has 3 aromatic rings. The second-order valence-electron chi connectivity index (χ2n) is 9.68. The van der Waals surface area contributed by atoms with Crippen LogP contribution in [0.1, 0.15) is 61.6 Å². The van der Waals surface area contributed by atoms with E-state index in [4.69, 9.17) is 14.6 Å². The first-order valence-corrected chi connectivity index (χ1v) is 13.7. The molecule has 3 N–H and O–H groups in total. The van der Waals surface area contributed by atoms with Crippen LogP contribution in [-0.4, -0.2) is 40.5 Å². The largest absolute Gasteiger partial charge is 0.494 e. The minimum Gasteiger partial charge on any atom is -0.494 e. The molecule has 0 heterocycles. The standard InChI is InChI=1S/C32H37FO7/c33-27-13-11-24(12-14-27)26-19-23(22-34)20-28(21-26)39-17-4-2-1-3-7-25-8-5-9-30(29(25)15-16-32(37)38)40-18-6-10-31(35)36/h5,8-9,11-14,19-21,34H,1-4,6-7,10,15-18,22H2,(H,35,36)(H,37,38). The molecule has 0 bridgehead atoms. The Labute approximate surface area is 234 Å². The monoisotopic (exact) mass is 552 g/mol. The molecule has 0 aliphatic heterocycles. The molecule has 0 atom stereocenters. The fraction of sp³-hybridized carbons (Fsp3) is 0.375. The second kappa shape index (κ2) is 16.3. The zero-order chi connectivity index (χ0) is 28.7. The van der Waals surface area contributed by atoms with Crippen molar-refractivity contribution in [2.75, 3.05) is 13.2 Å². The van der Waals surface area contributed by atoms with Crippen LogP contribution in [0, 0.1) is 5.82 Å². The van der Waals surface area contributed by atoms with Gasteiger partial charge in [0.05, 0.1) is 19.8 Å². The second-order valence-corrected chi connectivity index (χ2v) is 9.68. The van der Waals surface area contributed by atoms with E-state index in [1.807, 2.05) is 36.4 Å². The quantitative estimate of drug-likeness (QED) is 0.156. The first-order valence-electron chi connectivity index (χ1n) is 13.7. The summed E-state index contributed by atoms with van der Waals surface area (Å²) in [6.07, 6.45) is 5.28. The van der Waals surface area contributed by atoms with Crippen molar-refractivity contribution in [3.63, 3.8) is 0 Å². The zero-order valence-electron chi connectivity index (χ0n) is 22.6. The van der Waals surface area contributed by atoms with Crippen molar-refractivity contribution in [2.45, 2.75) is 64.4 Å². The molecule has 8 heteroatoms. The molecular weight excluding hydrogens is 515 g/mol. The van der Waals surface area contributed by atoms with Crippen LogP contribution in [0.2, 0.25) is 0 Å². The third kappa shape index (κ3) is 10.3. The highest BCUT2D eigenvalue weighted by atomic mass is 19.1. The number of aryl methyl sites for hydroxylation is 1. The van der Waals surface area contributed by atoms with Crippen LogP contribution in [0.4, 0.5) is 4.39 Å². The molecule has 0 fully saturated rings. The van der Waals surface area contributed by atoms with Gasteiger partial charge in [-0.15, -0.1) is 0 Å². The molecular formula is C32H37FO7. The number of hydrogen-bond acceptors (Lipinski definition) is 5. The fourth-order valence-corrected chi connectivity index (χ4v) is 4.51. The number of carboxylic acids is 2. The van der Waals surface area contributed by atoms with E-state index in [1.165, 1.54) is 12.1 Å². The van der Waals surface area contributed by atoms with E-state index in [0.29, 0.717) is 30.9 Å². The van der Waals surface area contributed by atoms with Crippen molar-refractivity contribution in [1.29, 1.82) is 0 Å². The Kier molecular flexibility index (Phi) is 12.4. The Morgan fingerprint density at radius 1 is 0.725 bits per heavy atom. The Bertz CT molecular complexity index is 1240. The number of rotatable bonds is 18. The molecule has 0 radical (unpaired) electrons. The molecule has 0 spiro atoms. The van der Waals surface area contributed by atoms with E-state index >= 15 is 0 Å². The molecule has 0 aromatic heterocycles. The minimum absolute atomic E-state index is 0.000192.